The number of phenols is 3. The smallest absolute Gasteiger partial charge is 0.204 e. The van der Waals surface area contributed by atoms with Crippen LogP contribution in [0.1, 0.15) is 18.0 Å². The molecule has 14 heavy (non-hydrogen) atoms. The van der Waals surface area contributed by atoms with Crippen molar-refractivity contribution in [3.8, 4) is 23.0 Å². The van der Waals surface area contributed by atoms with E-state index in [-0.39, 0.29) is 17.5 Å². The van der Waals surface area contributed by atoms with Gasteiger partial charge in [-0.2, -0.15) is 0 Å². The first-order valence-electron chi connectivity index (χ1n) is 4.27. The largest absolute Gasteiger partial charge is 0.504 e. The van der Waals surface area contributed by atoms with Crippen LogP contribution < -0.4 is 10.5 Å². The number of fused-ring (bicyclic) bond motifs is 1. The molecule has 0 bridgehead atoms. The van der Waals surface area contributed by atoms with E-state index < -0.39 is 11.5 Å². The topological polar surface area (TPSA) is 95.9 Å². The van der Waals surface area contributed by atoms with Crippen LogP contribution >= 0.6 is 0 Å². The van der Waals surface area contributed by atoms with E-state index in [1.807, 2.05) is 0 Å². The minimum absolute atomic E-state index is 0.166. The molecular weight excluding hydrogens is 186 g/mol. The highest BCUT2D eigenvalue weighted by molar-refractivity contribution is 5.61. The molecule has 0 fully saturated rings. The van der Waals surface area contributed by atoms with Gasteiger partial charge in [-0.15, -0.1) is 0 Å². The number of nitrogens with two attached hydrogens (primary N) is 1. The van der Waals surface area contributed by atoms with Crippen LogP contribution in [0.2, 0.25) is 0 Å². The first-order chi connectivity index (χ1) is 6.61. The molecule has 0 radical (unpaired) electrons. The molecule has 5 N–H and O–H groups in total. The highest BCUT2D eigenvalue weighted by Crippen LogP contribution is 2.48. The number of ether oxygens (including phenoxy) is 1. The molecule has 1 heterocycles. The van der Waals surface area contributed by atoms with Gasteiger partial charge in [-0.1, -0.05) is 0 Å². The SMILES string of the molecule is N[C@@H]1CCOc2c1cc(O)c(O)c2O. The van der Waals surface area contributed by atoms with Crippen molar-refractivity contribution in [1.29, 1.82) is 0 Å². The highest BCUT2D eigenvalue weighted by Gasteiger charge is 2.25. The van der Waals surface area contributed by atoms with E-state index >= 15 is 0 Å². The number of hydrogen-bond donors (Lipinski definition) is 4. The second-order valence-electron chi connectivity index (χ2n) is 3.25. The summed E-state index contributed by atoms with van der Waals surface area (Å²) < 4.78 is 5.16. The van der Waals surface area contributed by atoms with Gasteiger partial charge in [0.05, 0.1) is 6.61 Å². The van der Waals surface area contributed by atoms with Crippen LogP contribution in [0.3, 0.4) is 0 Å². The standard InChI is InChI=1S/C9H11NO4/c10-5-1-2-14-9-4(5)3-6(11)7(12)8(9)13/h3,5,11-13H,1-2,10H2/t5-/m1/s1. The Labute approximate surface area is 80.4 Å². The van der Waals surface area contributed by atoms with Crippen molar-refractivity contribution >= 4 is 0 Å². The molecule has 1 aliphatic rings. The Hall–Kier alpha value is -1.62. The zero-order chi connectivity index (χ0) is 10.3. The van der Waals surface area contributed by atoms with Crippen molar-refractivity contribution < 1.29 is 20.1 Å². The summed E-state index contributed by atoms with van der Waals surface area (Å²) in [4.78, 5) is 0. The van der Waals surface area contributed by atoms with Crippen LogP contribution in [-0.4, -0.2) is 21.9 Å². The number of aromatic hydroxyl groups is 3. The Morgan fingerprint density at radius 3 is 2.71 bits per heavy atom. The summed E-state index contributed by atoms with van der Waals surface area (Å²) >= 11 is 0. The maximum Gasteiger partial charge on any atom is 0.204 e. The Kier molecular flexibility index (Phi) is 1.89. The quantitative estimate of drug-likeness (QED) is 0.456. The van der Waals surface area contributed by atoms with Crippen LogP contribution in [0.5, 0.6) is 23.0 Å². The fourth-order valence-corrected chi connectivity index (χ4v) is 1.52. The maximum absolute atomic E-state index is 9.45. The van der Waals surface area contributed by atoms with Crippen molar-refractivity contribution in [3.05, 3.63) is 11.6 Å². The van der Waals surface area contributed by atoms with E-state index in [1.165, 1.54) is 6.07 Å². The Bertz CT molecular complexity index is 378. The summed E-state index contributed by atoms with van der Waals surface area (Å²) in [5.41, 5.74) is 6.27. The van der Waals surface area contributed by atoms with Crippen LogP contribution in [0.15, 0.2) is 6.07 Å². The fourth-order valence-electron chi connectivity index (χ4n) is 1.52. The second-order valence-corrected chi connectivity index (χ2v) is 3.25. The van der Waals surface area contributed by atoms with Gasteiger partial charge < -0.3 is 25.8 Å². The Balaban J connectivity index is 2.63. The van der Waals surface area contributed by atoms with Gasteiger partial charge in [-0.25, -0.2) is 0 Å². The van der Waals surface area contributed by atoms with E-state index in [0.29, 0.717) is 18.6 Å². The van der Waals surface area contributed by atoms with Crippen molar-refractivity contribution in [2.24, 2.45) is 5.73 Å². The number of benzene rings is 1. The summed E-state index contributed by atoms with van der Waals surface area (Å²) in [5.74, 6) is -1.24. The lowest BCUT2D eigenvalue weighted by Gasteiger charge is -2.24. The molecule has 5 nitrogen and oxygen atoms in total. The van der Waals surface area contributed by atoms with E-state index in [1.54, 1.807) is 0 Å². The maximum atomic E-state index is 9.45. The third kappa shape index (κ3) is 1.13. The minimum Gasteiger partial charge on any atom is -0.504 e. The molecule has 1 aromatic carbocycles. The molecule has 5 heteroatoms. The fraction of sp³-hybridized carbons (Fsp3) is 0.333. The van der Waals surface area contributed by atoms with Gasteiger partial charge in [0.1, 0.15) is 0 Å². The predicted octanol–water partition coefficient (Wildman–Crippen LogP) is 0.586. The number of phenolic OH excluding ortho intramolecular Hbond substituents is 3. The monoisotopic (exact) mass is 197 g/mol. The van der Waals surface area contributed by atoms with E-state index in [0.717, 1.165) is 0 Å². The zero-order valence-corrected chi connectivity index (χ0v) is 7.40. The number of hydrogen-bond acceptors (Lipinski definition) is 5. The van der Waals surface area contributed by atoms with Gasteiger partial charge in [0.15, 0.2) is 11.5 Å². The summed E-state index contributed by atoms with van der Waals surface area (Å²) in [7, 11) is 0. The van der Waals surface area contributed by atoms with Gasteiger partial charge in [0, 0.05) is 18.0 Å². The molecular formula is C9H11NO4. The molecule has 0 amide bonds. The van der Waals surface area contributed by atoms with Crippen LogP contribution in [0.4, 0.5) is 0 Å². The molecule has 0 saturated heterocycles. The summed E-state index contributed by atoms with van der Waals surface area (Å²) in [6, 6.07) is 1.03. The molecule has 1 atom stereocenters. The molecule has 0 unspecified atom stereocenters. The van der Waals surface area contributed by atoms with Gasteiger partial charge >= 0.3 is 0 Å². The van der Waals surface area contributed by atoms with E-state index in [2.05, 4.69) is 0 Å². The van der Waals surface area contributed by atoms with Gasteiger partial charge in [-0.05, 0) is 6.07 Å². The van der Waals surface area contributed by atoms with Crippen LogP contribution in [0, 0.1) is 0 Å². The lowest BCUT2D eigenvalue weighted by molar-refractivity contribution is 0.248. The van der Waals surface area contributed by atoms with Crippen molar-refractivity contribution in [3.63, 3.8) is 0 Å². The average molecular weight is 197 g/mol. The molecule has 1 aliphatic heterocycles. The summed E-state index contributed by atoms with van der Waals surface area (Å²) in [6.07, 6.45) is 0.622. The highest BCUT2D eigenvalue weighted by atomic mass is 16.5. The van der Waals surface area contributed by atoms with Crippen molar-refractivity contribution in [2.45, 2.75) is 12.5 Å². The minimum atomic E-state index is -0.571. The normalized spacial score (nSPS) is 19.9. The van der Waals surface area contributed by atoms with Crippen molar-refractivity contribution in [1.82, 2.24) is 0 Å². The molecule has 0 saturated carbocycles. The molecule has 0 aromatic heterocycles. The van der Waals surface area contributed by atoms with Gasteiger partial charge in [0.2, 0.25) is 11.5 Å². The van der Waals surface area contributed by atoms with E-state index in [4.69, 9.17) is 10.5 Å². The number of rotatable bonds is 0. The van der Waals surface area contributed by atoms with Gasteiger partial charge in [0.25, 0.3) is 0 Å². The lowest BCUT2D eigenvalue weighted by atomic mass is 10.00. The predicted molar refractivity (Wildman–Crippen MR) is 48.5 cm³/mol. The molecule has 2 rings (SSSR count). The van der Waals surface area contributed by atoms with Crippen LogP contribution in [-0.2, 0) is 0 Å². The lowest BCUT2D eigenvalue weighted by Crippen LogP contribution is -2.20. The summed E-state index contributed by atoms with van der Waals surface area (Å²) in [6.45, 7) is 0.395. The second kappa shape index (κ2) is 2.95. The first kappa shape index (κ1) is 8.96. The van der Waals surface area contributed by atoms with Gasteiger partial charge in [-0.3, -0.25) is 0 Å². The Morgan fingerprint density at radius 1 is 1.29 bits per heavy atom. The van der Waals surface area contributed by atoms with Crippen molar-refractivity contribution in [2.75, 3.05) is 6.61 Å². The first-order valence-corrected chi connectivity index (χ1v) is 4.27. The molecule has 76 valence electrons. The zero-order valence-electron chi connectivity index (χ0n) is 7.40. The Morgan fingerprint density at radius 2 is 2.00 bits per heavy atom. The molecule has 1 aromatic rings. The molecule has 0 aliphatic carbocycles. The third-order valence-corrected chi connectivity index (χ3v) is 2.31. The molecule has 0 spiro atoms. The third-order valence-electron chi connectivity index (χ3n) is 2.31. The van der Waals surface area contributed by atoms with Crippen LogP contribution in [0.25, 0.3) is 0 Å². The average Bonchev–Trinajstić information content (AvgIpc) is 2.17. The van der Waals surface area contributed by atoms with E-state index in [9.17, 15) is 15.3 Å². The summed E-state index contributed by atoms with van der Waals surface area (Å²) in [5, 5.41) is 27.9.